The van der Waals surface area contributed by atoms with Crippen molar-refractivity contribution >= 4 is 29.4 Å². The second kappa shape index (κ2) is 18.2. The van der Waals surface area contributed by atoms with Crippen LogP contribution in [0.3, 0.4) is 0 Å². The summed E-state index contributed by atoms with van der Waals surface area (Å²) in [7, 11) is 1.70. The normalized spacial score (nSPS) is 26.4. The molecule has 4 bridgehead atoms. The van der Waals surface area contributed by atoms with Gasteiger partial charge in [-0.3, -0.25) is 14.8 Å². The Labute approximate surface area is 395 Å². The fourth-order valence-electron chi connectivity index (χ4n) is 10.8. The number of carbonyl (C=O) groups is 1. The van der Waals surface area contributed by atoms with E-state index < -0.39 is 5.97 Å². The summed E-state index contributed by atoms with van der Waals surface area (Å²) in [6, 6.07) is 25.8. The Kier molecular flexibility index (Phi) is 11.8. The summed E-state index contributed by atoms with van der Waals surface area (Å²) < 4.78 is 29.4. The molecular formula is C53H58N8O7. The van der Waals surface area contributed by atoms with Gasteiger partial charge in [-0.05, 0) is 119 Å². The Morgan fingerprint density at radius 1 is 0.647 bits per heavy atom. The molecule has 4 saturated heterocycles. The molecule has 4 saturated carbocycles. The fourth-order valence-corrected chi connectivity index (χ4v) is 10.8. The molecule has 15 nitrogen and oxygen atoms in total. The Morgan fingerprint density at radius 3 is 1.50 bits per heavy atom. The third kappa shape index (κ3) is 8.89. The lowest BCUT2D eigenvalue weighted by Gasteiger charge is -2.53. The highest BCUT2D eigenvalue weighted by atomic mass is 16.5. The SMILES string of the molecule is COC=CC12CCC(c3ccc(-c4ccc(Nc5nnc(C6CCC6)o5)cn4)cc3)(CC1)OC2.O=C(O)CC12CCC(c3ccc(-c4ccc(Nc5nnc(C6CCC6)o5)cn4)cc3)(CC1)OC2. The first kappa shape index (κ1) is 44.1. The maximum Gasteiger partial charge on any atom is 0.320 e. The van der Waals surface area contributed by atoms with Crippen molar-refractivity contribution in [3.05, 3.63) is 120 Å². The molecule has 3 N–H and O–H groups in total. The number of ether oxygens (including phenoxy) is 3. The van der Waals surface area contributed by atoms with E-state index >= 15 is 0 Å². The van der Waals surface area contributed by atoms with Crippen LogP contribution >= 0.6 is 0 Å². The second-order valence-corrected chi connectivity index (χ2v) is 20.0. The van der Waals surface area contributed by atoms with Gasteiger partial charge in [0.2, 0.25) is 11.8 Å². The molecule has 8 aliphatic rings. The van der Waals surface area contributed by atoms with E-state index in [0.717, 1.165) is 129 Å². The molecule has 8 fully saturated rings. The van der Waals surface area contributed by atoms with E-state index in [9.17, 15) is 9.90 Å². The minimum Gasteiger partial charge on any atom is -0.505 e. The van der Waals surface area contributed by atoms with Gasteiger partial charge in [0, 0.05) is 33.8 Å². The highest BCUT2D eigenvalue weighted by molar-refractivity contribution is 5.68. The lowest BCUT2D eigenvalue weighted by Crippen LogP contribution is -2.50. The molecule has 4 aromatic heterocycles. The summed E-state index contributed by atoms with van der Waals surface area (Å²) in [5.41, 5.74) is 7.46. The topological polar surface area (TPSA) is 193 Å². The summed E-state index contributed by atoms with van der Waals surface area (Å²) in [4.78, 5) is 20.5. The van der Waals surface area contributed by atoms with Crippen LogP contribution in [0.4, 0.5) is 23.4 Å². The predicted octanol–water partition coefficient (Wildman–Crippen LogP) is 11.5. The number of pyridine rings is 2. The van der Waals surface area contributed by atoms with Gasteiger partial charge in [-0.25, -0.2) is 0 Å². The number of carboxylic acids is 1. The molecule has 14 rings (SSSR count). The van der Waals surface area contributed by atoms with Gasteiger partial charge in [-0.1, -0.05) is 71.6 Å². The van der Waals surface area contributed by atoms with Crippen LogP contribution in [-0.2, 0) is 30.2 Å². The minimum absolute atomic E-state index is 0.136. The van der Waals surface area contributed by atoms with E-state index in [1.807, 2.05) is 24.3 Å². The van der Waals surface area contributed by atoms with Crippen molar-refractivity contribution in [2.24, 2.45) is 10.8 Å². The average molecular weight is 919 g/mol. The molecule has 352 valence electrons. The highest BCUT2D eigenvalue weighted by Gasteiger charge is 2.52. The van der Waals surface area contributed by atoms with Crippen molar-refractivity contribution in [1.82, 2.24) is 30.4 Å². The van der Waals surface area contributed by atoms with Crippen LogP contribution < -0.4 is 10.6 Å². The van der Waals surface area contributed by atoms with Gasteiger partial charge >= 0.3 is 18.0 Å². The monoisotopic (exact) mass is 918 g/mol. The first-order valence-electron chi connectivity index (χ1n) is 24.2. The number of carboxylic acid groups (broad SMARTS) is 1. The Balaban J connectivity index is 0.000000149. The van der Waals surface area contributed by atoms with Crippen LogP contribution in [0, 0.1) is 10.8 Å². The molecule has 0 unspecified atom stereocenters. The van der Waals surface area contributed by atoms with Crippen molar-refractivity contribution in [3.8, 4) is 22.5 Å². The van der Waals surface area contributed by atoms with Crippen LogP contribution in [0.15, 0.2) is 106 Å². The smallest absolute Gasteiger partial charge is 0.320 e. The molecule has 15 heteroatoms. The molecule has 68 heavy (non-hydrogen) atoms. The van der Waals surface area contributed by atoms with Crippen LogP contribution in [0.5, 0.6) is 0 Å². The van der Waals surface area contributed by atoms with Crippen LogP contribution in [0.25, 0.3) is 22.5 Å². The number of fused-ring (bicyclic) bond motifs is 6. The van der Waals surface area contributed by atoms with Gasteiger partial charge in [-0.2, -0.15) is 0 Å². The van der Waals surface area contributed by atoms with E-state index in [4.69, 9.17) is 23.0 Å². The third-order valence-electron chi connectivity index (χ3n) is 15.8. The first-order valence-corrected chi connectivity index (χ1v) is 24.2. The first-order chi connectivity index (χ1) is 33.2. The lowest BCUT2D eigenvalue weighted by molar-refractivity contribution is -0.195. The van der Waals surface area contributed by atoms with Crippen molar-refractivity contribution in [3.63, 3.8) is 0 Å². The summed E-state index contributed by atoms with van der Waals surface area (Å²) in [5, 5.41) is 32.0. The number of rotatable bonds is 14. The van der Waals surface area contributed by atoms with E-state index in [0.29, 0.717) is 36.4 Å². The zero-order valence-corrected chi connectivity index (χ0v) is 38.5. The molecule has 0 atom stereocenters. The molecule has 8 heterocycles. The zero-order valence-electron chi connectivity index (χ0n) is 38.5. The van der Waals surface area contributed by atoms with Crippen molar-refractivity contribution in [2.45, 2.75) is 119 Å². The zero-order chi connectivity index (χ0) is 46.2. The van der Waals surface area contributed by atoms with Gasteiger partial charge in [0.15, 0.2) is 0 Å². The number of aliphatic carboxylic acids is 1. The molecule has 6 aromatic rings. The van der Waals surface area contributed by atoms with Gasteiger partial charge in [0.05, 0.1) is 79.4 Å². The van der Waals surface area contributed by atoms with E-state index in [2.05, 4.69) is 95.6 Å². The van der Waals surface area contributed by atoms with Gasteiger partial charge < -0.3 is 38.8 Å². The number of benzene rings is 2. The maximum atomic E-state index is 11.2. The standard InChI is InChI=1S/C27H30N4O3.C26H28N4O4/c1-32-16-15-26-11-13-27(14-12-26,33-18-26)21-7-5-19(6-8-21)23-10-9-22(17-28-23)29-25-31-30-24(34-25)20-3-2-4-20;31-22(32)14-25-10-12-26(13-11-25,33-16-25)19-6-4-17(5-7-19)21-9-8-20(15-27-21)28-24-30-29-23(34-24)18-2-1-3-18/h5-10,15-17,20H,2-4,11-14,18H2,1H3,(H,29,31);4-9,15,18H,1-3,10-14,16H2,(H,28,30)(H,31,32). The number of hydrogen-bond donors (Lipinski definition) is 3. The number of nitrogens with zero attached hydrogens (tertiary/aromatic N) is 6. The number of aromatic nitrogens is 6. The summed E-state index contributed by atoms with van der Waals surface area (Å²) in [6.45, 7) is 1.28. The number of hydrogen-bond acceptors (Lipinski definition) is 14. The number of methoxy groups -OCH3 is 1. The Morgan fingerprint density at radius 2 is 1.13 bits per heavy atom. The molecule has 0 amide bonds. The summed E-state index contributed by atoms with van der Waals surface area (Å²) in [5.74, 6) is 1.55. The second-order valence-electron chi connectivity index (χ2n) is 20.0. The lowest BCUT2D eigenvalue weighted by atomic mass is 9.63. The fraction of sp³-hybridized carbons (Fsp3) is 0.453. The Bertz CT molecular complexity index is 2680. The molecule has 2 aromatic carbocycles. The number of anilines is 4. The van der Waals surface area contributed by atoms with Gasteiger partial charge in [0.25, 0.3) is 0 Å². The van der Waals surface area contributed by atoms with Crippen LogP contribution in [0.1, 0.15) is 131 Å². The van der Waals surface area contributed by atoms with Crippen LogP contribution in [0.2, 0.25) is 0 Å². The number of nitrogens with one attached hydrogen (secondary N) is 2. The van der Waals surface area contributed by atoms with Gasteiger partial charge in [-0.15, -0.1) is 10.2 Å². The average Bonchev–Trinajstić information content (AvgIpc) is 4.00. The van der Waals surface area contributed by atoms with Crippen LogP contribution in [-0.4, -0.2) is 61.8 Å². The minimum atomic E-state index is -0.730. The van der Waals surface area contributed by atoms with E-state index in [-0.39, 0.29) is 28.5 Å². The molecule has 4 aliphatic carbocycles. The molecule has 0 radical (unpaired) electrons. The largest absolute Gasteiger partial charge is 0.505 e. The van der Waals surface area contributed by atoms with Crippen molar-refractivity contribution < 1.29 is 32.9 Å². The van der Waals surface area contributed by atoms with E-state index in [1.54, 1.807) is 25.8 Å². The summed E-state index contributed by atoms with van der Waals surface area (Å²) >= 11 is 0. The van der Waals surface area contributed by atoms with Crippen molar-refractivity contribution in [1.29, 1.82) is 0 Å². The predicted molar refractivity (Wildman–Crippen MR) is 253 cm³/mol. The quantitative estimate of drug-likeness (QED) is 0.0873. The van der Waals surface area contributed by atoms with Gasteiger partial charge in [0.1, 0.15) is 0 Å². The maximum absolute atomic E-state index is 11.2. The highest BCUT2D eigenvalue weighted by Crippen LogP contribution is 2.56. The van der Waals surface area contributed by atoms with Crippen molar-refractivity contribution in [2.75, 3.05) is 31.0 Å². The molecule has 4 aliphatic heterocycles. The molecule has 0 spiro atoms. The van der Waals surface area contributed by atoms with E-state index in [1.165, 1.54) is 18.4 Å². The summed E-state index contributed by atoms with van der Waals surface area (Å²) in [6.07, 6.45) is 22.6. The third-order valence-corrected chi connectivity index (χ3v) is 15.8. The Hall–Kier alpha value is -6.45. The molecular weight excluding hydrogens is 861 g/mol.